The molecule has 0 aliphatic carbocycles. The van der Waals surface area contributed by atoms with E-state index in [1.165, 1.54) is 6.33 Å². The van der Waals surface area contributed by atoms with Crippen LogP contribution in [0.15, 0.2) is 89.6 Å². The second-order valence-electron chi connectivity index (χ2n) is 11.3. The van der Waals surface area contributed by atoms with Crippen LogP contribution < -0.4 is 20.7 Å². The van der Waals surface area contributed by atoms with E-state index < -0.39 is 6.09 Å². The Balaban J connectivity index is 0.876. The normalized spacial score (nSPS) is 11.5. The summed E-state index contributed by atoms with van der Waals surface area (Å²) < 4.78 is 17.0. The van der Waals surface area contributed by atoms with Crippen LogP contribution in [-0.4, -0.2) is 56.2 Å². The maximum absolute atomic E-state index is 12.4. The molecule has 14 heteroatoms. The molecule has 1 amide bonds. The number of hydrogen-bond donors (Lipinski definition) is 3. The number of amides is 1. The highest BCUT2D eigenvalue weighted by Gasteiger charge is 2.13. The third-order valence-corrected chi connectivity index (χ3v) is 7.84. The number of pyridine rings is 1. The number of rotatable bonds is 11. The van der Waals surface area contributed by atoms with E-state index in [1.54, 1.807) is 6.08 Å². The summed E-state index contributed by atoms with van der Waals surface area (Å²) in [4.78, 5) is 38.7. The van der Waals surface area contributed by atoms with E-state index in [2.05, 4.69) is 36.3 Å². The molecule has 4 N–H and O–H groups in total. The number of H-pyrrole nitrogens is 1. The Labute approximate surface area is 285 Å². The molecule has 50 heavy (non-hydrogen) atoms. The number of aromatic amines is 1. The molecule has 0 atom stereocenters. The van der Waals surface area contributed by atoms with Gasteiger partial charge in [-0.3, -0.25) is 0 Å². The van der Waals surface area contributed by atoms with Gasteiger partial charge in [0, 0.05) is 24.7 Å². The minimum absolute atomic E-state index is 0.0839. The molecule has 3 aromatic carbocycles. The quantitative estimate of drug-likeness (QED) is 0.144. The van der Waals surface area contributed by atoms with Crippen LogP contribution in [0.5, 0.6) is 5.88 Å². The van der Waals surface area contributed by atoms with Gasteiger partial charge in [-0.05, 0) is 53.6 Å². The number of anilines is 2. The predicted molar refractivity (Wildman–Crippen MR) is 188 cm³/mol. The van der Waals surface area contributed by atoms with Crippen LogP contribution >= 0.6 is 0 Å². The van der Waals surface area contributed by atoms with Crippen molar-refractivity contribution in [2.24, 2.45) is 0 Å². The number of carbonyl (C=O) groups excluding carboxylic acids is 1. The number of oxazole rings is 1. The van der Waals surface area contributed by atoms with Crippen molar-refractivity contribution in [1.29, 1.82) is 5.26 Å². The van der Waals surface area contributed by atoms with Gasteiger partial charge in [0.25, 0.3) is 0 Å². The van der Waals surface area contributed by atoms with E-state index in [0.29, 0.717) is 46.9 Å². The van der Waals surface area contributed by atoms with Crippen LogP contribution in [0.3, 0.4) is 0 Å². The summed E-state index contributed by atoms with van der Waals surface area (Å²) in [5.74, 6) is 0.665. The summed E-state index contributed by atoms with van der Waals surface area (Å²) >= 11 is 0. The van der Waals surface area contributed by atoms with Gasteiger partial charge in [-0.15, -0.1) is 0 Å². The Morgan fingerprint density at radius 1 is 1.02 bits per heavy atom. The maximum Gasteiger partial charge on any atom is 0.407 e. The number of ether oxygens (including phenoxy) is 2. The van der Waals surface area contributed by atoms with Crippen LogP contribution in [0.2, 0.25) is 0 Å². The molecule has 0 radical (unpaired) electrons. The van der Waals surface area contributed by atoms with Gasteiger partial charge in [-0.25, -0.2) is 19.7 Å². The lowest BCUT2D eigenvalue weighted by Gasteiger charge is -2.19. The topological polar surface area (TPSA) is 194 Å². The number of fused-ring (bicyclic) bond motifs is 3. The number of aromatic nitrogens is 6. The van der Waals surface area contributed by atoms with E-state index in [9.17, 15) is 10.1 Å². The number of hydrogen-bond acceptors (Lipinski definition) is 12. The molecule has 0 fully saturated rings. The number of nitrogens with one attached hydrogen (secondary N) is 2. The lowest BCUT2D eigenvalue weighted by molar-refractivity contribution is 0.148. The summed E-state index contributed by atoms with van der Waals surface area (Å²) in [6, 6.07) is 26.8. The van der Waals surface area contributed by atoms with Crippen molar-refractivity contribution in [3.05, 3.63) is 108 Å². The van der Waals surface area contributed by atoms with Crippen LogP contribution in [0.4, 0.5) is 16.4 Å². The number of carbonyl (C=O) groups is 1. The zero-order valence-electron chi connectivity index (χ0n) is 26.8. The average molecular weight is 667 g/mol. The number of benzene rings is 3. The molecule has 0 aliphatic rings. The molecule has 0 saturated carbocycles. The molecule has 4 heterocycles. The monoisotopic (exact) mass is 666 g/mol. The fourth-order valence-electron chi connectivity index (χ4n) is 5.19. The first-order valence-corrected chi connectivity index (χ1v) is 15.6. The third-order valence-electron chi connectivity index (χ3n) is 7.84. The zero-order chi connectivity index (χ0) is 34.5. The Bertz CT molecular complexity index is 2360. The zero-order valence-corrected chi connectivity index (χ0v) is 26.8. The number of nitrogen functional groups attached to an aromatic ring is 1. The molecule has 0 unspecified atom stereocenters. The summed E-state index contributed by atoms with van der Waals surface area (Å²) in [6.07, 6.45) is 2.66. The second kappa shape index (κ2) is 14.0. The molecule has 7 rings (SSSR count). The van der Waals surface area contributed by atoms with Gasteiger partial charge in [0.05, 0.1) is 24.1 Å². The first-order chi connectivity index (χ1) is 24.4. The standard InChI is InChI=1S/C36H30N10O4/c1-46(27-12-13-28-24(17-27)10-11-26(42-28)16-25(18-37)33-43-29-4-2-3-5-30(29)50-33)14-15-48-36(47)39-19-22-6-8-23(9-7-22)20-49-34-31-32(41-21-40-31)44-35(38)45-34/h2-13,16-17,21H,14-15,19-20H2,1H3,(H,39,47)(H3,38,40,41,44,45)/b25-16+. The first-order valence-electron chi connectivity index (χ1n) is 15.6. The Hall–Kier alpha value is -7.01. The van der Waals surface area contributed by atoms with Gasteiger partial charge >= 0.3 is 6.09 Å². The van der Waals surface area contributed by atoms with Crippen molar-refractivity contribution in [3.8, 4) is 11.9 Å². The fraction of sp³-hybridized carbons (Fsp3) is 0.139. The van der Waals surface area contributed by atoms with E-state index >= 15 is 0 Å². The Morgan fingerprint density at radius 3 is 2.70 bits per heavy atom. The molecule has 0 bridgehead atoms. The lowest BCUT2D eigenvalue weighted by Crippen LogP contribution is -2.28. The van der Waals surface area contributed by atoms with Crippen molar-refractivity contribution < 1.29 is 18.7 Å². The van der Waals surface area contributed by atoms with E-state index in [1.807, 2.05) is 90.8 Å². The minimum Gasteiger partial charge on any atom is -0.471 e. The molecule has 0 saturated heterocycles. The molecule has 0 spiro atoms. The molecule has 248 valence electrons. The van der Waals surface area contributed by atoms with E-state index in [4.69, 9.17) is 24.6 Å². The second-order valence-corrected chi connectivity index (χ2v) is 11.3. The highest BCUT2D eigenvalue weighted by Crippen LogP contribution is 2.25. The smallest absolute Gasteiger partial charge is 0.407 e. The average Bonchev–Trinajstić information content (AvgIpc) is 3.79. The van der Waals surface area contributed by atoms with Crippen LogP contribution in [0.25, 0.3) is 44.8 Å². The van der Waals surface area contributed by atoms with E-state index in [0.717, 1.165) is 27.7 Å². The van der Waals surface area contributed by atoms with Crippen LogP contribution in [0, 0.1) is 11.3 Å². The summed E-state index contributed by atoms with van der Waals surface area (Å²) in [7, 11) is 1.93. The van der Waals surface area contributed by atoms with Crippen LogP contribution in [-0.2, 0) is 17.9 Å². The molecule has 0 aliphatic heterocycles. The molecule has 7 aromatic rings. The Kier molecular flexibility index (Phi) is 8.84. The predicted octanol–water partition coefficient (Wildman–Crippen LogP) is 5.63. The number of imidazole rings is 1. The molecule has 14 nitrogen and oxygen atoms in total. The number of alkyl carbamates (subject to hydrolysis) is 1. The maximum atomic E-state index is 12.4. The van der Waals surface area contributed by atoms with Gasteiger partial charge in [-0.2, -0.15) is 15.2 Å². The first kappa shape index (κ1) is 31.6. The number of para-hydroxylation sites is 2. The highest BCUT2D eigenvalue weighted by molar-refractivity contribution is 5.90. The van der Waals surface area contributed by atoms with Gasteiger partial charge in [0.1, 0.15) is 35.9 Å². The highest BCUT2D eigenvalue weighted by atomic mass is 16.5. The van der Waals surface area contributed by atoms with Gasteiger partial charge in [0.2, 0.25) is 17.7 Å². The third kappa shape index (κ3) is 7.11. The van der Waals surface area contributed by atoms with Crippen molar-refractivity contribution >= 4 is 62.5 Å². The molecular weight excluding hydrogens is 636 g/mol. The lowest BCUT2D eigenvalue weighted by atomic mass is 10.1. The van der Waals surface area contributed by atoms with Gasteiger partial charge in [-0.1, -0.05) is 42.5 Å². The van der Waals surface area contributed by atoms with E-state index in [-0.39, 0.29) is 30.6 Å². The SMILES string of the molecule is CN(CCOC(=O)NCc1ccc(COc2nc(N)nc3nc[nH]c23)cc1)c1ccc2nc(/C=C(\C#N)c3nc4ccccc4o3)ccc2c1. The minimum atomic E-state index is -0.506. The van der Waals surface area contributed by atoms with Crippen molar-refractivity contribution in [2.75, 3.05) is 30.8 Å². The largest absolute Gasteiger partial charge is 0.471 e. The summed E-state index contributed by atoms with van der Waals surface area (Å²) in [5.41, 5.74) is 12.5. The number of allylic oxidation sites excluding steroid dienone is 1. The van der Waals surface area contributed by atoms with Crippen LogP contribution in [0.1, 0.15) is 22.7 Å². The number of nitriles is 1. The van der Waals surface area contributed by atoms with Crippen molar-refractivity contribution in [1.82, 2.24) is 35.2 Å². The van der Waals surface area contributed by atoms with Gasteiger partial charge < -0.3 is 34.8 Å². The number of nitrogens with zero attached hydrogens (tertiary/aromatic N) is 7. The van der Waals surface area contributed by atoms with Gasteiger partial charge in [0.15, 0.2) is 11.2 Å². The number of likely N-dealkylation sites (N-methyl/N-ethyl adjacent to an activating group) is 1. The summed E-state index contributed by atoms with van der Waals surface area (Å²) in [5, 5.41) is 13.5. The Morgan fingerprint density at radius 2 is 1.86 bits per heavy atom. The molecular formula is C36H30N10O4. The fourth-order valence-corrected chi connectivity index (χ4v) is 5.19. The summed E-state index contributed by atoms with van der Waals surface area (Å²) in [6.45, 7) is 1.27. The van der Waals surface area contributed by atoms with Crippen molar-refractivity contribution in [2.45, 2.75) is 13.2 Å². The molecule has 4 aromatic heterocycles. The van der Waals surface area contributed by atoms with Crippen molar-refractivity contribution in [3.63, 3.8) is 0 Å². The number of nitrogens with two attached hydrogens (primary N) is 1.